The molecule has 22 heavy (non-hydrogen) atoms. The summed E-state index contributed by atoms with van der Waals surface area (Å²) in [7, 11) is 0. The zero-order chi connectivity index (χ0) is 15.5. The van der Waals surface area contributed by atoms with Crippen molar-refractivity contribution in [3.63, 3.8) is 0 Å². The van der Waals surface area contributed by atoms with E-state index >= 15 is 0 Å². The van der Waals surface area contributed by atoms with Crippen LogP contribution in [0.25, 0.3) is 0 Å². The molecule has 0 bridgehead atoms. The van der Waals surface area contributed by atoms with Gasteiger partial charge in [0.15, 0.2) is 0 Å². The molecule has 0 aliphatic heterocycles. The number of nitrogens with one attached hydrogen (secondary N) is 1. The Morgan fingerprint density at radius 1 is 1.41 bits per heavy atom. The molecule has 0 aromatic carbocycles. The largest absolute Gasteiger partial charge is 0.347 e. The number of pyridine rings is 1. The van der Waals surface area contributed by atoms with Crippen LogP contribution in [0, 0.1) is 12.8 Å². The van der Waals surface area contributed by atoms with Gasteiger partial charge >= 0.3 is 5.69 Å². The van der Waals surface area contributed by atoms with Gasteiger partial charge in [0, 0.05) is 18.6 Å². The summed E-state index contributed by atoms with van der Waals surface area (Å²) in [6, 6.07) is 5.49. The first-order valence-corrected chi connectivity index (χ1v) is 7.37. The summed E-state index contributed by atoms with van der Waals surface area (Å²) in [5.41, 5.74) is 1.58. The van der Waals surface area contributed by atoms with E-state index in [4.69, 9.17) is 0 Å². The van der Waals surface area contributed by atoms with Crippen LogP contribution in [-0.2, 0) is 11.3 Å². The Morgan fingerprint density at radius 3 is 2.91 bits per heavy atom. The lowest BCUT2D eigenvalue weighted by atomic mass is 10.1. The predicted octanol–water partition coefficient (Wildman–Crippen LogP) is 1.21. The number of aryl methyl sites for hydroxylation is 1. The van der Waals surface area contributed by atoms with Crippen molar-refractivity contribution in [3.05, 3.63) is 58.5 Å². The lowest BCUT2D eigenvalue weighted by molar-refractivity contribution is -0.122. The topological polar surface area (TPSA) is 76.9 Å². The molecule has 1 atom stereocenters. The number of hydrogen-bond acceptors (Lipinski definition) is 4. The smallest absolute Gasteiger partial charge is 0.346 e. The molecule has 6 nitrogen and oxygen atoms in total. The van der Waals surface area contributed by atoms with E-state index in [1.165, 1.54) is 10.8 Å². The SMILES string of the molecule is Cc1ccnc([C@@H](NC(=O)Cn2cccnc2=O)C2CC2)c1. The van der Waals surface area contributed by atoms with E-state index < -0.39 is 5.69 Å². The molecule has 1 fully saturated rings. The van der Waals surface area contributed by atoms with Gasteiger partial charge in [-0.25, -0.2) is 9.78 Å². The Morgan fingerprint density at radius 2 is 2.23 bits per heavy atom. The van der Waals surface area contributed by atoms with Crippen molar-refractivity contribution in [2.45, 2.75) is 32.4 Å². The Labute approximate surface area is 128 Å². The molecular weight excluding hydrogens is 280 g/mol. The normalized spacial score (nSPS) is 15.3. The zero-order valence-corrected chi connectivity index (χ0v) is 12.4. The molecule has 6 heteroatoms. The third-order valence-electron chi connectivity index (χ3n) is 3.76. The van der Waals surface area contributed by atoms with Crippen molar-refractivity contribution in [2.75, 3.05) is 0 Å². The van der Waals surface area contributed by atoms with Gasteiger partial charge in [-0.2, -0.15) is 0 Å². The molecule has 0 spiro atoms. The third-order valence-corrected chi connectivity index (χ3v) is 3.76. The fourth-order valence-electron chi connectivity index (χ4n) is 2.47. The van der Waals surface area contributed by atoms with Crippen LogP contribution in [0.3, 0.4) is 0 Å². The maximum Gasteiger partial charge on any atom is 0.347 e. The minimum Gasteiger partial charge on any atom is -0.346 e. The highest BCUT2D eigenvalue weighted by molar-refractivity contribution is 5.76. The van der Waals surface area contributed by atoms with Gasteiger partial charge in [-0.1, -0.05) is 0 Å². The molecule has 0 saturated heterocycles. The average Bonchev–Trinajstić information content (AvgIpc) is 3.32. The number of nitrogens with zero attached hydrogens (tertiary/aromatic N) is 3. The first kappa shape index (κ1) is 14.4. The van der Waals surface area contributed by atoms with E-state index in [0.717, 1.165) is 24.1 Å². The Balaban J connectivity index is 1.73. The fraction of sp³-hybridized carbons (Fsp3) is 0.375. The zero-order valence-electron chi connectivity index (χ0n) is 12.4. The molecular formula is C16H18N4O2. The van der Waals surface area contributed by atoms with Gasteiger partial charge < -0.3 is 5.32 Å². The number of rotatable bonds is 5. The molecule has 1 aliphatic rings. The summed E-state index contributed by atoms with van der Waals surface area (Å²) in [6.07, 6.45) is 6.92. The van der Waals surface area contributed by atoms with Gasteiger partial charge in [-0.15, -0.1) is 0 Å². The summed E-state index contributed by atoms with van der Waals surface area (Å²) in [5, 5.41) is 3.01. The molecule has 1 amide bonds. The number of amides is 1. The minimum atomic E-state index is -0.422. The standard InChI is InChI=1S/C16H18N4O2/c1-11-5-7-17-13(9-11)15(12-3-4-12)19-14(21)10-20-8-2-6-18-16(20)22/h2,5-9,12,15H,3-4,10H2,1H3,(H,19,21)/t15-/m0/s1. The van der Waals surface area contributed by atoms with Crippen molar-refractivity contribution in [2.24, 2.45) is 5.92 Å². The van der Waals surface area contributed by atoms with Crippen molar-refractivity contribution in [1.82, 2.24) is 19.9 Å². The number of hydrogen-bond donors (Lipinski definition) is 1. The van der Waals surface area contributed by atoms with Gasteiger partial charge in [0.05, 0.1) is 11.7 Å². The molecule has 1 saturated carbocycles. The average molecular weight is 298 g/mol. The van der Waals surface area contributed by atoms with E-state index in [9.17, 15) is 9.59 Å². The van der Waals surface area contributed by atoms with Gasteiger partial charge in [0.2, 0.25) is 5.91 Å². The lowest BCUT2D eigenvalue weighted by Gasteiger charge is -2.18. The molecule has 1 N–H and O–H groups in total. The first-order valence-electron chi connectivity index (χ1n) is 7.37. The van der Waals surface area contributed by atoms with Crippen molar-refractivity contribution in [1.29, 1.82) is 0 Å². The Hall–Kier alpha value is -2.50. The van der Waals surface area contributed by atoms with Gasteiger partial charge in [0.25, 0.3) is 0 Å². The second kappa shape index (κ2) is 6.09. The third kappa shape index (κ3) is 3.39. The molecule has 1 aliphatic carbocycles. The summed E-state index contributed by atoms with van der Waals surface area (Å²) >= 11 is 0. The maximum absolute atomic E-state index is 12.2. The van der Waals surface area contributed by atoms with Crippen LogP contribution in [0.1, 0.15) is 30.1 Å². The summed E-state index contributed by atoms with van der Waals surface area (Å²) in [5.74, 6) is 0.235. The van der Waals surface area contributed by atoms with Gasteiger partial charge in [0.1, 0.15) is 6.54 Å². The number of aromatic nitrogens is 3. The summed E-state index contributed by atoms with van der Waals surface area (Å²) in [6.45, 7) is 1.98. The van der Waals surface area contributed by atoms with E-state index in [0.29, 0.717) is 5.92 Å². The van der Waals surface area contributed by atoms with Crippen molar-refractivity contribution < 1.29 is 4.79 Å². The molecule has 2 heterocycles. The highest BCUT2D eigenvalue weighted by Crippen LogP contribution is 2.40. The molecule has 2 aromatic rings. The maximum atomic E-state index is 12.2. The highest BCUT2D eigenvalue weighted by Gasteiger charge is 2.34. The monoisotopic (exact) mass is 298 g/mol. The van der Waals surface area contributed by atoms with Gasteiger partial charge in [-0.3, -0.25) is 14.3 Å². The predicted molar refractivity (Wildman–Crippen MR) is 81.1 cm³/mol. The second-order valence-electron chi connectivity index (χ2n) is 5.67. The van der Waals surface area contributed by atoms with Crippen LogP contribution < -0.4 is 11.0 Å². The summed E-state index contributed by atoms with van der Waals surface area (Å²) in [4.78, 5) is 31.8. The van der Waals surface area contributed by atoms with Crippen molar-refractivity contribution in [3.8, 4) is 0 Å². The second-order valence-corrected chi connectivity index (χ2v) is 5.67. The summed E-state index contributed by atoms with van der Waals surface area (Å²) < 4.78 is 1.29. The molecule has 3 rings (SSSR count). The highest BCUT2D eigenvalue weighted by atomic mass is 16.2. The molecule has 114 valence electrons. The number of carbonyl (C=O) groups excluding carboxylic acids is 1. The van der Waals surface area contributed by atoms with E-state index in [1.54, 1.807) is 18.5 Å². The van der Waals surface area contributed by atoms with Crippen LogP contribution >= 0.6 is 0 Å². The van der Waals surface area contributed by atoms with E-state index in [2.05, 4.69) is 15.3 Å². The Kier molecular flexibility index (Phi) is 4.00. The minimum absolute atomic E-state index is 0.0261. The quantitative estimate of drug-likeness (QED) is 0.900. The molecule has 0 unspecified atom stereocenters. The van der Waals surface area contributed by atoms with E-state index in [-0.39, 0.29) is 18.5 Å². The van der Waals surface area contributed by atoms with Crippen LogP contribution in [0.5, 0.6) is 0 Å². The first-order chi connectivity index (χ1) is 10.6. The number of carbonyl (C=O) groups is 1. The van der Waals surface area contributed by atoms with Crippen LogP contribution in [0.2, 0.25) is 0 Å². The molecule has 2 aromatic heterocycles. The molecule has 0 radical (unpaired) electrons. The van der Waals surface area contributed by atoms with Gasteiger partial charge in [-0.05, 0) is 49.4 Å². The fourth-order valence-corrected chi connectivity index (χ4v) is 2.47. The Bertz CT molecular complexity index is 737. The van der Waals surface area contributed by atoms with Crippen molar-refractivity contribution >= 4 is 5.91 Å². The van der Waals surface area contributed by atoms with E-state index in [1.807, 2.05) is 19.1 Å². The van der Waals surface area contributed by atoms with Crippen LogP contribution in [0.4, 0.5) is 0 Å². The lowest BCUT2D eigenvalue weighted by Crippen LogP contribution is -2.36. The van der Waals surface area contributed by atoms with Crippen LogP contribution in [-0.4, -0.2) is 20.4 Å². The van der Waals surface area contributed by atoms with Crippen LogP contribution in [0.15, 0.2) is 41.6 Å².